The first kappa shape index (κ1) is 19.9. The van der Waals surface area contributed by atoms with Crippen molar-refractivity contribution in [2.75, 3.05) is 19.0 Å². The Hall–Kier alpha value is -3.80. The molecule has 3 aromatic carbocycles. The zero-order valence-corrected chi connectivity index (χ0v) is 16.1. The number of methoxy groups -OCH3 is 1. The number of benzene rings is 3. The summed E-state index contributed by atoms with van der Waals surface area (Å²) in [5.41, 5.74) is 3.63. The Balaban J connectivity index is 1.58. The van der Waals surface area contributed by atoms with Crippen molar-refractivity contribution in [3.63, 3.8) is 0 Å². The fraction of sp³-hybridized carbons (Fsp3) is 0.130. The summed E-state index contributed by atoms with van der Waals surface area (Å²) >= 11 is 0. The molecule has 3 aromatic rings. The number of anilines is 1. The number of hydrogen-bond acceptors (Lipinski definition) is 5. The Labute approximate surface area is 168 Å². The van der Waals surface area contributed by atoms with Gasteiger partial charge in [0, 0.05) is 0 Å². The highest BCUT2D eigenvalue weighted by atomic mass is 16.5. The first-order chi connectivity index (χ1) is 14.0. The van der Waals surface area contributed by atoms with Crippen molar-refractivity contribution in [2.24, 2.45) is 0 Å². The minimum atomic E-state index is -0.589. The van der Waals surface area contributed by atoms with E-state index in [0.29, 0.717) is 17.0 Å². The summed E-state index contributed by atoms with van der Waals surface area (Å²) in [4.78, 5) is 24.3. The molecule has 0 fully saturated rings. The number of carbonyl (C=O) groups is 2. The maximum Gasteiger partial charge on any atom is 0.338 e. The molecule has 2 N–H and O–H groups in total. The molecular weight excluding hydrogens is 370 g/mol. The monoisotopic (exact) mass is 391 g/mol. The quantitative estimate of drug-likeness (QED) is 0.616. The molecule has 0 spiro atoms. The van der Waals surface area contributed by atoms with Gasteiger partial charge in [0.1, 0.15) is 11.5 Å². The van der Waals surface area contributed by atoms with Crippen LogP contribution in [0.3, 0.4) is 0 Å². The van der Waals surface area contributed by atoms with Crippen LogP contribution in [0.15, 0.2) is 66.7 Å². The first-order valence-electron chi connectivity index (χ1n) is 8.97. The van der Waals surface area contributed by atoms with E-state index in [1.165, 1.54) is 7.11 Å². The third kappa shape index (κ3) is 5.13. The maximum atomic E-state index is 12.2. The smallest absolute Gasteiger partial charge is 0.338 e. The van der Waals surface area contributed by atoms with Crippen molar-refractivity contribution >= 4 is 17.6 Å². The Morgan fingerprint density at radius 2 is 1.55 bits per heavy atom. The fourth-order valence-electron chi connectivity index (χ4n) is 2.77. The number of phenolic OH excluding ortho intramolecular Hbond substituents is 1. The molecule has 1 amide bonds. The molecule has 0 aliphatic heterocycles. The largest absolute Gasteiger partial charge is 0.508 e. The van der Waals surface area contributed by atoms with Crippen LogP contribution in [0.4, 0.5) is 5.69 Å². The third-order valence-electron chi connectivity index (χ3n) is 4.28. The van der Waals surface area contributed by atoms with Gasteiger partial charge >= 0.3 is 5.97 Å². The molecule has 0 unspecified atom stereocenters. The summed E-state index contributed by atoms with van der Waals surface area (Å²) in [6.45, 7) is 1.49. The van der Waals surface area contributed by atoms with E-state index >= 15 is 0 Å². The molecule has 0 bridgehead atoms. The molecule has 29 heavy (non-hydrogen) atoms. The summed E-state index contributed by atoms with van der Waals surface area (Å²) < 4.78 is 10.3. The predicted octanol–water partition coefficient (Wildman–Crippen LogP) is 4.17. The highest BCUT2D eigenvalue weighted by Crippen LogP contribution is 2.25. The van der Waals surface area contributed by atoms with Crippen molar-refractivity contribution in [3.05, 3.63) is 77.9 Å². The number of phenols is 1. The average Bonchev–Trinajstić information content (AvgIpc) is 2.73. The molecule has 148 valence electrons. The standard InChI is InChI=1S/C23H21NO5/c1-15-3-12-21(28-2)20(13-15)24-22(26)14-29-23(27)18-6-4-16(5-7-18)17-8-10-19(25)11-9-17/h3-13,25H,14H2,1-2H3,(H,24,26). The maximum absolute atomic E-state index is 12.2. The number of aromatic hydroxyl groups is 1. The lowest BCUT2D eigenvalue weighted by molar-refractivity contribution is -0.119. The summed E-state index contributed by atoms with van der Waals surface area (Å²) in [6, 6.07) is 19.0. The lowest BCUT2D eigenvalue weighted by Gasteiger charge is -2.11. The van der Waals surface area contributed by atoms with Gasteiger partial charge in [0.15, 0.2) is 6.61 Å². The average molecular weight is 391 g/mol. The van der Waals surface area contributed by atoms with Crippen LogP contribution < -0.4 is 10.1 Å². The first-order valence-corrected chi connectivity index (χ1v) is 8.97. The molecule has 0 aromatic heterocycles. The van der Waals surface area contributed by atoms with Crippen molar-refractivity contribution in [2.45, 2.75) is 6.92 Å². The van der Waals surface area contributed by atoms with Crippen LogP contribution in [0.5, 0.6) is 11.5 Å². The Morgan fingerprint density at radius 1 is 0.931 bits per heavy atom. The lowest BCUT2D eigenvalue weighted by Crippen LogP contribution is -2.21. The fourth-order valence-corrected chi connectivity index (χ4v) is 2.77. The van der Waals surface area contributed by atoms with E-state index in [1.54, 1.807) is 60.7 Å². The van der Waals surface area contributed by atoms with Gasteiger partial charge in [0.25, 0.3) is 5.91 Å². The van der Waals surface area contributed by atoms with Crippen LogP contribution >= 0.6 is 0 Å². The van der Waals surface area contributed by atoms with Crippen molar-refractivity contribution in [1.29, 1.82) is 0 Å². The summed E-state index contributed by atoms with van der Waals surface area (Å²) in [5.74, 6) is -0.327. The summed E-state index contributed by atoms with van der Waals surface area (Å²) in [6.07, 6.45) is 0. The zero-order chi connectivity index (χ0) is 20.8. The van der Waals surface area contributed by atoms with E-state index in [-0.39, 0.29) is 5.75 Å². The minimum absolute atomic E-state index is 0.190. The second-order valence-corrected chi connectivity index (χ2v) is 6.45. The van der Waals surface area contributed by atoms with Gasteiger partial charge in [-0.3, -0.25) is 4.79 Å². The number of carbonyl (C=O) groups excluding carboxylic acids is 2. The molecule has 6 heteroatoms. The number of rotatable bonds is 6. The van der Waals surface area contributed by atoms with E-state index in [2.05, 4.69) is 5.32 Å². The number of amides is 1. The molecule has 0 saturated carbocycles. The molecular formula is C23H21NO5. The van der Waals surface area contributed by atoms with E-state index in [1.807, 2.05) is 13.0 Å². The molecule has 0 heterocycles. The highest BCUT2D eigenvalue weighted by Gasteiger charge is 2.12. The Bertz CT molecular complexity index is 1010. The van der Waals surface area contributed by atoms with Crippen LogP contribution in [0.1, 0.15) is 15.9 Å². The van der Waals surface area contributed by atoms with Gasteiger partial charge in [0.2, 0.25) is 0 Å². The summed E-state index contributed by atoms with van der Waals surface area (Å²) in [5, 5.41) is 12.0. The van der Waals surface area contributed by atoms with Gasteiger partial charge in [-0.05, 0) is 60.0 Å². The molecule has 0 atom stereocenters. The van der Waals surface area contributed by atoms with Crippen molar-refractivity contribution < 1.29 is 24.2 Å². The Morgan fingerprint density at radius 3 is 2.17 bits per heavy atom. The number of esters is 1. The van der Waals surface area contributed by atoms with Crippen molar-refractivity contribution in [3.8, 4) is 22.6 Å². The molecule has 0 aliphatic rings. The van der Waals surface area contributed by atoms with Gasteiger partial charge in [0.05, 0.1) is 18.4 Å². The van der Waals surface area contributed by atoms with Crippen molar-refractivity contribution in [1.82, 2.24) is 0 Å². The topological polar surface area (TPSA) is 84.9 Å². The zero-order valence-electron chi connectivity index (χ0n) is 16.1. The SMILES string of the molecule is COc1ccc(C)cc1NC(=O)COC(=O)c1ccc(-c2ccc(O)cc2)cc1. The summed E-state index contributed by atoms with van der Waals surface area (Å²) in [7, 11) is 1.52. The number of ether oxygens (including phenoxy) is 2. The molecule has 6 nitrogen and oxygen atoms in total. The second kappa shape index (κ2) is 8.93. The third-order valence-corrected chi connectivity index (χ3v) is 4.28. The van der Waals surface area contributed by atoms with Gasteiger partial charge in [-0.25, -0.2) is 4.79 Å². The molecule has 0 saturated heterocycles. The predicted molar refractivity (Wildman–Crippen MR) is 110 cm³/mol. The lowest BCUT2D eigenvalue weighted by atomic mass is 10.0. The number of aryl methyl sites for hydroxylation is 1. The van der Waals surface area contributed by atoms with E-state index in [0.717, 1.165) is 16.7 Å². The van der Waals surface area contributed by atoms with E-state index in [4.69, 9.17) is 9.47 Å². The highest BCUT2D eigenvalue weighted by molar-refractivity contribution is 5.96. The van der Waals surface area contributed by atoms with Crippen LogP contribution in [-0.4, -0.2) is 30.7 Å². The van der Waals surface area contributed by atoms with Gasteiger partial charge in [-0.15, -0.1) is 0 Å². The normalized spacial score (nSPS) is 10.3. The van der Waals surface area contributed by atoms with E-state index < -0.39 is 18.5 Å². The molecule has 0 aliphatic carbocycles. The Kier molecular flexibility index (Phi) is 6.14. The molecule has 0 radical (unpaired) electrons. The number of hydrogen-bond donors (Lipinski definition) is 2. The van der Waals surface area contributed by atoms with Crippen LogP contribution in [-0.2, 0) is 9.53 Å². The number of nitrogens with one attached hydrogen (secondary N) is 1. The van der Waals surface area contributed by atoms with E-state index in [9.17, 15) is 14.7 Å². The molecule has 3 rings (SSSR count). The minimum Gasteiger partial charge on any atom is -0.508 e. The second-order valence-electron chi connectivity index (χ2n) is 6.45. The van der Waals surface area contributed by atoms with Gasteiger partial charge in [-0.2, -0.15) is 0 Å². The van der Waals surface area contributed by atoms with Gasteiger partial charge in [-0.1, -0.05) is 30.3 Å². The van der Waals surface area contributed by atoms with Crippen LogP contribution in [0.2, 0.25) is 0 Å². The van der Waals surface area contributed by atoms with Gasteiger partial charge < -0.3 is 19.9 Å². The van der Waals surface area contributed by atoms with Crippen LogP contribution in [0.25, 0.3) is 11.1 Å². The van der Waals surface area contributed by atoms with Crippen LogP contribution in [0, 0.1) is 6.92 Å².